The summed E-state index contributed by atoms with van der Waals surface area (Å²) in [6, 6.07) is 4.51. The van der Waals surface area contributed by atoms with Gasteiger partial charge in [0.25, 0.3) is 0 Å². The summed E-state index contributed by atoms with van der Waals surface area (Å²) in [7, 11) is 0. The molecule has 1 aromatic carbocycles. The van der Waals surface area contributed by atoms with E-state index in [4.69, 9.17) is 5.11 Å². The normalized spacial score (nSPS) is 19.8. The molecular formula is C13H13FN2O2S. The topological polar surface area (TPSA) is 53.4 Å². The van der Waals surface area contributed by atoms with Crippen LogP contribution >= 0.6 is 11.3 Å². The number of benzene rings is 1. The van der Waals surface area contributed by atoms with Crippen molar-refractivity contribution < 1.29 is 14.3 Å². The van der Waals surface area contributed by atoms with E-state index in [-0.39, 0.29) is 11.7 Å². The van der Waals surface area contributed by atoms with Crippen LogP contribution in [-0.4, -0.2) is 29.1 Å². The molecule has 0 aliphatic carbocycles. The number of piperidine rings is 1. The summed E-state index contributed by atoms with van der Waals surface area (Å²) in [5, 5.41) is 9.87. The highest BCUT2D eigenvalue weighted by Gasteiger charge is 2.27. The van der Waals surface area contributed by atoms with Crippen molar-refractivity contribution in [2.24, 2.45) is 5.92 Å². The number of anilines is 1. The van der Waals surface area contributed by atoms with Crippen molar-refractivity contribution in [2.45, 2.75) is 12.8 Å². The maximum absolute atomic E-state index is 13.1. The zero-order valence-electron chi connectivity index (χ0n) is 10.2. The Morgan fingerprint density at radius 3 is 3.16 bits per heavy atom. The first-order chi connectivity index (χ1) is 9.13. The first-order valence-electron chi connectivity index (χ1n) is 6.17. The van der Waals surface area contributed by atoms with Crippen molar-refractivity contribution in [3.8, 4) is 0 Å². The Morgan fingerprint density at radius 1 is 1.53 bits per heavy atom. The lowest BCUT2D eigenvalue weighted by Crippen LogP contribution is -2.38. The molecule has 4 nitrogen and oxygen atoms in total. The minimum atomic E-state index is -0.753. The van der Waals surface area contributed by atoms with Crippen LogP contribution in [-0.2, 0) is 4.79 Å². The summed E-state index contributed by atoms with van der Waals surface area (Å²) in [5.74, 6) is -1.36. The van der Waals surface area contributed by atoms with Gasteiger partial charge in [0.1, 0.15) is 5.82 Å². The van der Waals surface area contributed by atoms with Gasteiger partial charge >= 0.3 is 5.97 Å². The van der Waals surface area contributed by atoms with E-state index in [9.17, 15) is 9.18 Å². The molecule has 1 N–H and O–H groups in total. The highest BCUT2D eigenvalue weighted by Crippen LogP contribution is 2.31. The predicted molar refractivity (Wildman–Crippen MR) is 72.2 cm³/mol. The molecular weight excluding hydrogens is 267 g/mol. The Morgan fingerprint density at radius 2 is 2.37 bits per heavy atom. The summed E-state index contributed by atoms with van der Waals surface area (Å²) < 4.78 is 13.9. The van der Waals surface area contributed by atoms with Crippen LogP contribution in [0.5, 0.6) is 0 Å². The number of hydrogen-bond donors (Lipinski definition) is 1. The Balaban J connectivity index is 1.89. The quantitative estimate of drug-likeness (QED) is 0.919. The average Bonchev–Trinajstić information content (AvgIpc) is 2.81. The molecule has 2 aromatic rings. The summed E-state index contributed by atoms with van der Waals surface area (Å²) in [4.78, 5) is 17.5. The smallest absolute Gasteiger partial charge is 0.308 e. The molecule has 19 heavy (non-hydrogen) atoms. The van der Waals surface area contributed by atoms with Crippen molar-refractivity contribution in [1.82, 2.24) is 4.98 Å². The van der Waals surface area contributed by atoms with Crippen LogP contribution in [0.3, 0.4) is 0 Å². The van der Waals surface area contributed by atoms with Gasteiger partial charge in [0.05, 0.1) is 16.1 Å². The third-order valence-electron chi connectivity index (χ3n) is 3.38. The highest BCUT2D eigenvalue weighted by atomic mass is 32.1. The number of halogens is 1. The molecule has 1 saturated heterocycles. The second-order valence-electron chi connectivity index (χ2n) is 4.73. The average molecular weight is 280 g/mol. The maximum Gasteiger partial charge on any atom is 0.308 e. The molecule has 6 heteroatoms. The molecule has 0 amide bonds. The second kappa shape index (κ2) is 4.77. The Hall–Kier alpha value is -1.69. The fraction of sp³-hybridized carbons (Fsp3) is 0.385. The SMILES string of the molecule is O=C(O)C1CCCN(c2nc3ccc(F)cc3s2)C1. The van der Waals surface area contributed by atoms with E-state index in [0.29, 0.717) is 13.0 Å². The predicted octanol–water partition coefficient (Wildman–Crippen LogP) is 2.74. The molecule has 1 unspecified atom stereocenters. The number of rotatable bonds is 2. The fourth-order valence-electron chi connectivity index (χ4n) is 2.37. The van der Waals surface area contributed by atoms with Gasteiger partial charge in [-0.25, -0.2) is 9.37 Å². The molecule has 100 valence electrons. The number of carbonyl (C=O) groups is 1. The number of carboxylic acid groups (broad SMARTS) is 1. The molecule has 0 spiro atoms. The Labute approximate surface area is 113 Å². The third kappa shape index (κ3) is 2.40. The third-order valence-corrected chi connectivity index (χ3v) is 4.46. The summed E-state index contributed by atoms with van der Waals surface area (Å²) in [5.41, 5.74) is 0.763. The number of carboxylic acids is 1. The van der Waals surface area contributed by atoms with Crippen LogP contribution in [0, 0.1) is 11.7 Å². The van der Waals surface area contributed by atoms with Gasteiger partial charge < -0.3 is 10.0 Å². The number of thiazole rings is 1. The summed E-state index contributed by atoms with van der Waals surface area (Å²) in [6.45, 7) is 1.30. The first kappa shape index (κ1) is 12.3. The van der Waals surface area contributed by atoms with Gasteiger partial charge in [-0.2, -0.15) is 0 Å². The van der Waals surface area contributed by atoms with E-state index in [1.165, 1.54) is 23.5 Å². The minimum Gasteiger partial charge on any atom is -0.481 e. The van der Waals surface area contributed by atoms with E-state index in [0.717, 1.165) is 28.3 Å². The van der Waals surface area contributed by atoms with Crippen molar-refractivity contribution in [1.29, 1.82) is 0 Å². The van der Waals surface area contributed by atoms with Crippen molar-refractivity contribution >= 4 is 32.7 Å². The zero-order chi connectivity index (χ0) is 13.4. The minimum absolute atomic E-state index is 0.273. The zero-order valence-corrected chi connectivity index (χ0v) is 11.0. The molecule has 1 aliphatic heterocycles. The lowest BCUT2D eigenvalue weighted by Gasteiger charge is -2.30. The van der Waals surface area contributed by atoms with Crippen molar-refractivity contribution in [2.75, 3.05) is 18.0 Å². The second-order valence-corrected chi connectivity index (χ2v) is 5.74. The number of fused-ring (bicyclic) bond motifs is 1. The number of aliphatic carboxylic acids is 1. The van der Waals surface area contributed by atoms with Crippen LogP contribution in [0.15, 0.2) is 18.2 Å². The molecule has 3 rings (SSSR count). The molecule has 1 atom stereocenters. The lowest BCUT2D eigenvalue weighted by atomic mass is 9.99. The number of nitrogens with zero attached hydrogens (tertiary/aromatic N) is 2. The van der Waals surface area contributed by atoms with E-state index < -0.39 is 5.97 Å². The van der Waals surface area contributed by atoms with Gasteiger partial charge in [-0.3, -0.25) is 4.79 Å². The van der Waals surface area contributed by atoms with E-state index in [2.05, 4.69) is 4.98 Å². The fourth-order valence-corrected chi connectivity index (χ4v) is 3.40. The van der Waals surface area contributed by atoms with Gasteiger partial charge in [-0.05, 0) is 31.0 Å². The van der Waals surface area contributed by atoms with Crippen LogP contribution in [0.4, 0.5) is 9.52 Å². The lowest BCUT2D eigenvalue weighted by molar-refractivity contribution is -0.141. The maximum atomic E-state index is 13.1. The molecule has 1 aliphatic rings. The van der Waals surface area contributed by atoms with Crippen LogP contribution in [0.25, 0.3) is 10.2 Å². The van der Waals surface area contributed by atoms with E-state index in [1.54, 1.807) is 6.07 Å². The van der Waals surface area contributed by atoms with E-state index >= 15 is 0 Å². The van der Waals surface area contributed by atoms with Crippen molar-refractivity contribution in [3.05, 3.63) is 24.0 Å². The van der Waals surface area contributed by atoms with Gasteiger partial charge in [-0.15, -0.1) is 0 Å². The standard InChI is InChI=1S/C13H13FN2O2S/c14-9-3-4-10-11(6-9)19-13(15-10)16-5-1-2-8(7-16)12(17)18/h3-4,6,8H,1-2,5,7H2,(H,17,18). The summed E-state index contributed by atoms with van der Waals surface area (Å²) in [6.07, 6.45) is 1.56. The van der Waals surface area contributed by atoms with Crippen LogP contribution < -0.4 is 4.90 Å². The largest absolute Gasteiger partial charge is 0.481 e. The molecule has 1 fully saturated rings. The number of hydrogen-bond acceptors (Lipinski definition) is 4. The molecule has 2 heterocycles. The van der Waals surface area contributed by atoms with Crippen LogP contribution in [0.2, 0.25) is 0 Å². The highest BCUT2D eigenvalue weighted by molar-refractivity contribution is 7.22. The first-order valence-corrected chi connectivity index (χ1v) is 6.99. The summed E-state index contributed by atoms with van der Waals surface area (Å²) >= 11 is 1.41. The van der Waals surface area contributed by atoms with Gasteiger partial charge in [0.2, 0.25) is 0 Å². The van der Waals surface area contributed by atoms with Gasteiger partial charge in [0.15, 0.2) is 5.13 Å². The van der Waals surface area contributed by atoms with Gasteiger partial charge in [-0.1, -0.05) is 11.3 Å². The molecule has 0 radical (unpaired) electrons. The number of aromatic nitrogens is 1. The van der Waals surface area contributed by atoms with Crippen LogP contribution in [0.1, 0.15) is 12.8 Å². The van der Waals surface area contributed by atoms with Gasteiger partial charge in [0, 0.05) is 13.1 Å². The van der Waals surface area contributed by atoms with E-state index in [1.807, 2.05) is 4.90 Å². The molecule has 1 aromatic heterocycles. The monoisotopic (exact) mass is 280 g/mol. The van der Waals surface area contributed by atoms with Crippen molar-refractivity contribution in [3.63, 3.8) is 0 Å². The Kier molecular flexibility index (Phi) is 3.10. The molecule has 0 saturated carbocycles. The molecule has 0 bridgehead atoms. The Bertz CT molecular complexity index is 628.